The molecule has 4 heteroatoms. The molecule has 2 N–H and O–H groups in total. The minimum absolute atomic E-state index is 0.125. The van der Waals surface area contributed by atoms with Crippen LogP contribution in [0.1, 0.15) is 18.6 Å². The molecule has 1 atom stereocenters. The maximum Gasteiger partial charge on any atom is 0.221 e. The maximum absolute atomic E-state index is 10.9. The van der Waals surface area contributed by atoms with Crippen LogP contribution in [0.2, 0.25) is 0 Å². The Bertz CT molecular complexity index is 414. The minimum Gasteiger partial charge on any atom is -0.384 e. The number of aliphatic hydroxyl groups is 1. The normalized spacial score (nSPS) is 12.5. The van der Waals surface area contributed by atoms with Crippen LogP contribution >= 0.6 is 0 Å². The second-order valence-corrected chi connectivity index (χ2v) is 4.06. The van der Waals surface area contributed by atoms with E-state index in [-0.39, 0.29) is 5.91 Å². The van der Waals surface area contributed by atoms with Crippen LogP contribution < -0.4 is 5.32 Å². The van der Waals surface area contributed by atoms with E-state index in [4.69, 9.17) is 0 Å². The van der Waals surface area contributed by atoms with Gasteiger partial charge in [-0.05, 0) is 30.0 Å². The molecule has 1 unspecified atom stereocenters. The van der Waals surface area contributed by atoms with E-state index in [1.807, 2.05) is 25.1 Å². The molecule has 4 nitrogen and oxygen atoms in total. The molecule has 0 aliphatic heterocycles. The molecule has 0 aliphatic rings. The van der Waals surface area contributed by atoms with Gasteiger partial charge in [0.25, 0.3) is 0 Å². The van der Waals surface area contributed by atoms with Crippen LogP contribution in [0, 0.1) is 0 Å². The number of aliphatic hydroxyl groups excluding tert-OH is 1. The van der Waals surface area contributed by atoms with E-state index < -0.39 is 6.10 Å². The van der Waals surface area contributed by atoms with E-state index in [1.165, 1.54) is 6.92 Å². The first-order valence-corrected chi connectivity index (χ1v) is 5.39. The topological polar surface area (TPSA) is 52.6 Å². The largest absolute Gasteiger partial charge is 0.384 e. The third-order valence-electron chi connectivity index (χ3n) is 2.12. The van der Waals surface area contributed by atoms with Crippen LogP contribution in [0.15, 0.2) is 36.5 Å². The van der Waals surface area contributed by atoms with Crippen molar-refractivity contribution >= 4 is 11.6 Å². The van der Waals surface area contributed by atoms with Gasteiger partial charge in [-0.25, -0.2) is 0 Å². The number of benzene rings is 1. The molecule has 1 aromatic carbocycles. The van der Waals surface area contributed by atoms with Gasteiger partial charge in [-0.15, -0.1) is 0 Å². The summed E-state index contributed by atoms with van der Waals surface area (Å²) in [7, 11) is 3.77. The molecule has 17 heavy (non-hydrogen) atoms. The number of carbonyl (C=O) groups excluding carboxylic acids is 1. The summed E-state index contributed by atoms with van der Waals surface area (Å²) in [5.41, 5.74) is 1.43. The van der Waals surface area contributed by atoms with Crippen molar-refractivity contribution in [1.29, 1.82) is 0 Å². The number of rotatable bonds is 4. The van der Waals surface area contributed by atoms with Crippen LogP contribution in [0.25, 0.3) is 0 Å². The third kappa shape index (κ3) is 4.70. The highest BCUT2D eigenvalue weighted by atomic mass is 16.3. The van der Waals surface area contributed by atoms with Gasteiger partial charge >= 0.3 is 0 Å². The summed E-state index contributed by atoms with van der Waals surface area (Å²) in [4.78, 5) is 12.8. The molecule has 0 radical (unpaired) electrons. The lowest BCUT2D eigenvalue weighted by atomic mass is 10.1. The molecule has 1 rings (SSSR count). The number of carbonyl (C=O) groups is 1. The molecule has 0 saturated heterocycles. The second-order valence-electron chi connectivity index (χ2n) is 4.06. The zero-order valence-corrected chi connectivity index (χ0v) is 10.3. The molecule has 0 saturated carbocycles. The first-order chi connectivity index (χ1) is 7.99. The maximum atomic E-state index is 10.9. The summed E-state index contributed by atoms with van der Waals surface area (Å²) < 4.78 is 0. The quantitative estimate of drug-likeness (QED) is 0.834. The van der Waals surface area contributed by atoms with Gasteiger partial charge in [-0.2, -0.15) is 0 Å². The van der Waals surface area contributed by atoms with Gasteiger partial charge in [-0.3, -0.25) is 4.79 Å². The predicted octanol–water partition coefficient (Wildman–Crippen LogP) is 1.75. The van der Waals surface area contributed by atoms with E-state index in [0.29, 0.717) is 5.69 Å². The van der Waals surface area contributed by atoms with Crippen LogP contribution in [0.3, 0.4) is 0 Å². The van der Waals surface area contributed by atoms with E-state index in [9.17, 15) is 9.90 Å². The molecule has 1 aromatic rings. The van der Waals surface area contributed by atoms with Gasteiger partial charge in [0.2, 0.25) is 5.91 Å². The molecule has 92 valence electrons. The van der Waals surface area contributed by atoms with Crippen molar-refractivity contribution in [2.24, 2.45) is 0 Å². The van der Waals surface area contributed by atoms with E-state index in [1.54, 1.807) is 30.5 Å². The highest BCUT2D eigenvalue weighted by Crippen LogP contribution is 2.18. The lowest BCUT2D eigenvalue weighted by Crippen LogP contribution is -2.06. The molecule has 1 amide bonds. The number of anilines is 1. The SMILES string of the molecule is CC(=O)Nc1cccc(C(O)/C=C/N(C)C)c1. The second kappa shape index (κ2) is 6.06. The molecular formula is C13H18N2O2. The van der Waals surface area contributed by atoms with Crippen LogP contribution in [-0.2, 0) is 4.79 Å². The van der Waals surface area contributed by atoms with Gasteiger partial charge in [0.15, 0.2) is 0 Å². The van der Waals surface area contributed by atoms with Crippen LogP contribution in [-0.4, -0.2) is 30.0 Å². The summed E-state index contributed by atoms with van der Waals surface area (Å²) in [5, 5.41) is 12.6. The Morgan fingerprint density at radius 3 is 2.76 bits per heavy atom. The fraction of sp³-hybridized carbons (Fsp3) is 0.308. The molecule has 0 aliphatic carbocycles. The van der Waals surface area contributed by atoms with Crippen molar-refractivity contribution in [3.63, 3.8) is 0 Å². The van der Waals surface area contributed by atoms with E-state index >= 15 is 0 Å². The molecule has 0 aromatic heterocycles. The third-order valence-corrected chi connectivity index (χ3v) is 2.12. The zero-order valence-electron chi connectivity index (χ0n) is 10.3. The van der Waals surface area contributed by atoms with Gasteiger partial charge in [0, 0.05) is 26.7 Å². The summed E-state index contributed by atoms with van der Waals surface area (Å²) in [6, 6.07) is 7.16. The Morgan fingerprint density at radius 1 is 1.47 bits per heavy atom. The number of amides is 1. The van der Waals surface area contributed by atoms with Crippen LogP contribution in [0.4, 0.5) is 5.69 Å². The standard InChI is InChI=1S/C13H18N2O2/c1-10(16)14-12-6-4-5-11(9-12)13(17)7-8-15(2)3/h4-9,13,17H,1-3H3,(H,14,16)/b8-7+. The smallest absolute Gasteiger partial charge is 0.221 e. The molecule has 0 bridgehead atoms. The van der Waals surface area contributed by atoms with Crippen molar-refractivity contribution < 1.29 is 9.90 Å². The minimum atomic E-state index is -0.675. The van der Waals surface area contributed by atoms with Gasteiger partial charge in [0.05, 0.1) is 6.10 Å². The molecule has 0 fully saturated rings. The highest BCUT2D eigenvalue weighted by molar-refractivity contribution is 5.88. The predicted molar refractivity (Wildman–Crippen MR) is 68.5 cm³/mol. The highest BCUT2D eigenvalue weighted by Gasteiger charge is 2.04. The fourth-order valence-electron chi connectivity index (χ4n) is 1.37. The fourth-order valence-corrected chi connectivity index (χ4v) is 1.37. The number of nitrogens with one attached hydrogen (secondary N) is 1. The van der Waals surface area contributed by atoms with Crippen molar-refractivity contribution in [2.45, 2.75) is 13.0 Å². The summed E-state index contributed by atoms with van der Waals surface area (Å²) in [5.74, 6) is -0.125. The van der Waals surface area contributed by atoms with Crippen molar-refractivity contribution in [1.82, 2.24) is 4.90 Å². The number of hydrogen-bond acceptors (Lipinski definition) is 3. The Balaban J connectivity index is 2.80. The van der Waals surface area contributed by atoms with Gasteiger partial charge < -0.3 is 15.3 Å². The Morgan fingerprint density at radius 2 is 2.18 bits per heavy atom. The summed E-state index contributed by atoms with van der Waals surface area (Å²) >= 11 is 0. The Hall–Kier alpha value is -1.81. The molecule has 0 spiro atoms. The Kier molecular flexibility index (Phi) is 4.72. The number of hydrogen-bond donors (Lipinski definition) is 2. The molecular weight excluding hydrogens is 216 g/mol. The van der Waals surface area contributed by atoms with Crippen LogP contribution in [0.5, 0.6) is 0 Å². The molecule has 0 heterocycles. The lowest BCUT2D eigenvalue weighted by Gasteiger charge is -2.10. The van der Waals surface area contributed by atoms with E-state index in [0.717, 1.165) is 5.56 Å². The van der Waals surface area contributed by atoms with Crippen molar-refractivity contribution in [3.8, 4) is 0 Å². The monoisotopic (exact) mass is 234 g/mol. The van der Waals surface area contributed by atoms with E-state index in [2.05, 4.69) is 5.32 Å². The lowest BCUT2D eigenvalue weighted by molar-refractivity contribution is -0.114. The first-order valence-electron chi connectivity index (χ1n) is 5.39. The first kappa shape index (κ1) is 13.3. The summed E-state index contributed by atoms with van der Waals surface area (Å²) in [6.45, 7) is 1.45. The Labute approximate surface area is 102 Å². The van der Waals surface area contributed by atoms with Gasteiger partial charge in [0.1, 0.15) is 0 Å². The van der Waals surface area contributed by atoms with Crippen molar-refractivity contribution in [2.75, 3.05) is 19.4 Å². The number of nitrogens with zero attached hydrogens (tertiary/aromatic N) is 1. The zero-order chi connectivity index (χ0) is 12.8. The van der Waals surface area contributed by atoms with Crippen molar-refractivity contribution in [3.05, 3.63) is 42.1 Å². The average Bonchev–Trinajstić information content (AvgIpc) is 2.25. The average molecular weight is 234 g/mol. The van der Waals surface area contributed by atoms with Gasteiger partial charge in [-0.1, -0.05) is 12.1 Å². The summed E-state index contributed by atoms with van der Waals surface area (Å²) in [6.07, 6.45) is 2.80.